The molecule has 0 amide bonds. The number of pyridine rings is 3. The summed E-state index contributed by atoms with van der Waals surface area (Å²) >= 11 is 3.48. The molecule has 176 valence electrons. The van der Waals surface area contributed by atoms with E-state index in [0.29, 0.717) is 47.3 Å². The minimum atomic E-state index is -0.696. The number of anilines is 3. The van der Waals surface area contributed by atoms with Crippen LogP contribution in [0.4, 0.5) is 26.0 Å². The van der Waals surface area contributed by atoms with E-state index in [4.69, 9.17) is 4.74 Å². The zero-order valence-corrected chi connectivity index (χ0v) is 20.7. The third-order valence-electron chi connectivity index (χ3n) is 5.45. The predicted octanol–water partition coefficient (Wildman–Crippen LogP) is 6.26. The summed E-state index contributed by atoms with van der Waals surface area (Å²) in [5, 5.41) is 3.57. The van der Waals surface area contributed by atoms with Crippen molar-refractivity contribution in [1.82, 2.24) is 15.0 Å². The molecular weight excluding hydrogens is 504 g/mol. The summed E-state index contributed by atoms with van der Waals surface area (Å²) in [5.41, 5.74) is 3.18. The monoisotopic (exact) mass is 527 g/mol. The molecule has 3 aromatic heterocycles. The van der Waals surface area contributed by atoms with Crippen LogP contribution in [0.15, 0.2) is 53.3 Å². The van der Waals surface area contributed by atoms with Crippen LogP contribution in [0.1, 0.15) is 12.0 Å². The van der Waals surface area contributed by atoms with E-state index in [2.05, 4.69) is 36.2 Å². The summed E-state index contributed by atoms with van der Waals surface area (Å²) in [7, 11) is 3.60. The smallest absolute Gasteiger partial charge is 0.152 e. The maximum absolute atomic E-state index is 15.1. The van der Waals surface area contributed by atoms with Crippen LogP contribution in [-0.2, 0) is 4.74 Å². The van der Waals surface area contributed by atoms with Gasteiger partial charge in [-0.2, -0.15) is 0 Å². The van der Waals surface area contributed by atoms with Gasteiger partial charge < -0.3 is 15.0 Å². The maximum atomic E-state index is 15.1. The van der Waals surface area contributed by atoms with Crippen molar-refractivity contribution >= 4 is 44.0 Å². The van der Waals surface area contributed by atoms with Crippen molar-refractivity contribution < 1.29 is 13.5 Å². The average molecular weight is 528 g/mol. The number of hydrogen-bond donors (Lipinski definition) is 1. The highest BCUT2D eigenvalue weighted by Gasteiger charge is 2.20. The second-order valence-electron chi connectivity index (χ2n) is 7.87. The molecule has 0 aliphatic heterocycles. The molecule has 1 N–H and O–H groups in total. The minimum absolute atomic E-state index is 0.198. The van der Waals surface area contributed by atoms with Crippen molar-refractivity contribution in [2.45, 2.75) is 13.3 Å². The Bertz CT molecular complexity index is 1320. The molecule has 0 fully saturated rings. The number of methoxy groups -OCH3 is 1. The highest BCUT2D eigenvalue weighted by Crippen LogP contribution is 2.38. The van der Waals surface area contributed by atoms with Gasteiger partial charge in [0, 0.05) is 61.9 Å². The highest BCUT2D eigenvalue weighted by atomic mass is 79.9. The predicted molar refractivity (Wildman–Crippen MR) is 135 cm³/mol. The van der Waals surface area contributed by atoms with E-state index in [9.17, 15) is 4.39 Å². The molecule has 0 atom stereocenters. The number of halogens is 3. The van der Waals surface area contributed by atoms with Crippen molar-refractivity contribution in [3.8, 4) is 11.4 Å². The quantitative estimate of drug-likeness (QED) is 0.273. The summed E-state index contributed by atoms with van der Waals surface area (Å²) in [6.45, 7) is 3.18. The Hall–Kier alpha value is -3.17. The number of aromatic nitrogens is 3. The van der Waals surface area contributed by atoms with E-state index < -0.39 is 11.6 Å². The molecule has 0 aliphatic rings. The van der Waals surface area contributed by atoms with Crippen molar-refractivity contribution in [3.05, 3.63) is 70.5 Å². The largest absolute Gasteiger partial charge is 0.385 e. The number of rotatable bonds is 8. The van der Waals surface area contributed by atoms with Crippen LogP contribution in [0.25, 0.3) is 22.3 Å². The summed E-state index contributed by atoms with van der Waals surface area (Å²) in [6.07, 6.45) is 4.18. The Kier molecular flexibility index (Phi) is 7.33. The number of fused-ring (bicyclic) bond motifs is 1. The fraction of sp³-hybridized carbons (Fsp3) is 0.240. The van der Waals surface area contributed by atoms with Gasteiger partial charge in [-0.05, 0) is 47.5 Å². The lowest BCUT2D eigenvalue weighted by Gasteiger charge is -2.23. The number of nitrogens with one attached hydrogen (secondary N) is 1. The van der Waals surface area contributed by atoms with Gasteiger partial charge in [-0.3, -0.25) is 4.98 Å². The molecule has 0 saturated carbocycles. The Balaban J connectivity index is 1.88. The lowest BCUT2D eigenvalue weighted by molar-refractivity contribution is 0.196. The number of ether oxygens (including phenoxy) is 1. The second kappa shape index (κ2) is 10.4. The standard InChI is InChI=1S/C25H24BrF2N5O/c1-15-23(19-7-4-5-8-29-19)31-20-13-17(27)12-18(28)22(20)24(15)32-21-11-16(26)14-30-25(21)33(2)9-6-10-34-3/h4-5,7-8,11-14H,6,9-10H2,1-3H3,(H,31,32). The molecule has 0 aliphatic carbocycles. The van der Waals surface area contributed by atoms with Gasteiger partial charge >= 0.3 is 0 Å². The van der Waals surface area contributed by atoms with Crippen LogP contribution in [0.5, 0.6) is 0 Å². The molecule has 1 aromatic carbocycles. The molecule has 9 heteroatoms. The number of nitrogens with zero attached hydrogens (tertiary/aromatic N) is 4. The molecule has 4 rings (SSSR count). The van der Waals surface area contributed by atoms with Crippen LogP contribution >= 0.6 is 15.9 Å². The van der Waals surface area contributed by atoms with Gasteiger partial charge in [0.25, 0.3) is 0 Å². The van der Waals surface area contributed by atoms with Crippen molar-refractivity contribution in [2.75, 3.05) is 37.5 Å². The lowest BCUT2D eigenvalue weighted by atomic mass is 10.0. The van der Waals surface area contributed by atoms with Gasteiger partial charge in [0.1, 0.15) is 11.6 Å². The first-order chi connectivity index (χ1) is 16.4. The molecule has 0 spiro atoms. The fourth-order valence-electron chi connectivity index (χ4n) is 3.83. The van der Waals surface area contributed by atoms with Crippen LogP contribution in [0.3, 0.4) is 0 Å². The van der Waals surface area contributed by atoms with Crippen LogP contribution in [0.2, 0.25) is 0 Å². The van der Waals surface area contributed by atoms with Crippen molar-refractivity contribution in [2.24, 2.45) is 0 Å². The van der Waals surface area contributed by atoms with Gasteiger partial charge in [-0.15, -0.1) is 0 Å². The zero-order valence-electron chi connectivity index (χ0n) is 19.1. The molecule has 4 aromatic rings. The second-order valence-corrected chi connectivity index (χ2v) is 8.79. The molecule has 34 heavy (non-hydrogen) atoms. The normalized spacial score (nSPS) is 11.1. The van der Waals surface area contributed by atoms with Crippen LogP contribution in [0, 0.1) is 18.6 Å². The summed E-state index contributed by atoms with van der Waals surface area (Å²) < 4.78 is 35.1. The van der Waals surface area contributed by atoms with E-state index in [0.717, 1.165) is 17.0 Å². The lowest BCUT2D eigenvalue weighted by Crippen LogP contribution is -2.22. The zero-order chi connectivity index (χ0) is 24.2. The van der Waals surface area contributed by atoms with Crippen molar-refractivity contribution in [3.63, 3.8) is 0 Å². The average Bonchev–Trinajstić information content (AvgIpc) is 2.81. The Morgan fingerprint density at radius 3 is 2.71 bits per heavy atom. The van der Waals surface area contributed by atoms with E-state index in [1.807, 2.05) is 37.1 Å². The third-order valence-corrected chi connectivity index (χ3v) is 5.88. The van der Waals surface area contributed by atoms with Gasteiger partial charge in [-0.25, -0.2) is 18.7 Å². The summed E-state index contributed by atoms with van der Waals surface area (Å²) in [4.78, 5) is 15.5. The molecule has 0 saturated heterocycles. The highest BCUT2D eigenvalue weighted by molar-refractivity contribution is 9.10. The van der Waals surface area contributed by atoms with E-state index in [-0.39, 0.29) is 10.9 Å². The first kappa shape index (κ1) is 24.0. The molecule has 0 unspecified atom stereocenters. The first-order valence-corrected chi connectivity index (χ1v) is 11.5. The van der Waals surface area contributed by atoms with E-state index in [1.165, 1.54) is 6.07 Å². The Morgan fingerprint density at radius 2 is 1.97 bits per heavy atom. The summed E-state index contributed by atoms with van der Waals surface area (Å²) in [5.74, 6) is -0.703. The Morgan fingerprint density at radius 1 is 1.15 bits per heavy atom. The van der Waals surface area contributed by atoms with E-state index >= 15 is 4.39 Å². The van der Waals surface area contributed by atoms with Crippen LogP contribution in [-0.4, -0.2) is 42.3 Å². The van der Waals surface area contributed by atoms with Gasteiger partial charge in [0.05, 0.1) is 33.7 Å². The first-order valence-electron chi connectivity index (χ1n) is 10.7. The SMILES string of the molecule is COCCCN(C)c1ncc(Br)cc1Nc1c(C)c(-c2ccccn2)nc2cc(F)cc(F)c12. The maximum Gasteiger partial charge on any atom is 0.152 e. The topological polar surface area (TPSA) is 63.2 Å². The van der Waals surface area contributed by atoms with Gasteiger partial charge in [0.15, 0.2) is 5.82 Å². The molecule has 3 heterocycles. The molecule has 6 nitrogen and oxygen atoms in total. The van der Waals surface area contributed by atoms with Gasteiger partial charge in [0.2, 0.25) is 0 Å². The Labute approximate surface area is 205 Å². The molecule has 0 radical (unpaired) electrons. The third kappa shape index (κ3) is 5.00. The minimum Gasteiger partial charge on any atom is -0.385 e. The van der Waals surface area contributed by atoms with Gasteiger partial charge in [-0.1, -0.05) is 6.07 Å². The molecular formula is C25H24BrF2N5O. The summed E-state index contributed by atoms with van der Waals surface area (Å²) in [6, 6.07) is 9.44. The number of benzene rings is 1. The fourth-order valence-corrected chi connectivity index (χ4v) is 4.16. The van der Waals surface area contributed by atoms with E-state index in [1.54, 1.807) is 25.6 Å². The molecule has 0 bridgehead atoms. The van der Waals surface area contributed by atoms with Crippen molar-refractivity contribution in [1.29, 1.82) is 0 Å². The van der Waals surface area contributed by atoms with Crippen LogP contribution < -0.4 is 10.2 Å². The number of hydrogen-bond acceptors (Lipinski definition) is 6.